The van der Waals surface area contributed by atoms with Gasteiger partial charge in [0, 0.05) is 31.9 Å². The van der Waals surface area contributed by atoms with Crippen LogP contribution in [0.25, 0.3) is 0 Å². The second kappa shape index (κ2) is 8.27. The Morgan fingerprint density at radius 2 is 1.59 bits per heavy atom. The molecular weight excluding hydrogens is 317 g/mol. The van der Waals surface area contributed by atoms with Gasteiger partial charge in [0.1, 0.15) is 5.88 Å². The van der Waals surface area contributed by atoms with Crippen molar-refractivity contribution in [1.82, 2.24) is 4.90 Å². The fourth-order valence-electron chi connectivity index (χ4n) is 2.16. The van der Waals surface area contributed by atoms with E-state index in [9.17, 15) is 18.0 Å². The van der Waals surface area contributed by atoms with E-state index in [1.54, 1.807) is 4.90 Å². The Labute approximate surface area is 133 Å². The van der Waals surface area contributed by atoms with Crippen molar-refractivity contribution in [1.29, 1.82) is 0 Å². The van der Waals surface area contributed by atoms with E-state index in [2.05, 4.69) is 0 Å². The summed E-state index contributed by atoms with van der Waals surface area (Å²) in [6.45, 7) is 6.25. The summed E-state index contributed by atoms with van der Waals surface area (Å²) in [7, 11) is 0. The molecular formula is C15H20ClF3N2O. The number of rotatable bonds is 2. The zero-order valence-electron chi connectivity index (χ0n) is 12.7. The Morgan fingerprint density at radius 1 is 1.09 bits per heavy atom. The van der Waals surface area contributed by atoms with Gasteiger partial charge >= 0.3 is 6.18 Å². The van der Waals surface area contributed by atoms with Crippen LogP contribution in [0.1, 0.15) is 19.4 Å². The van der Waals surface area contributed by atoms with Crippen molar-refractivity contribution in [3.8, 4) is 0 Å². The molecule has 0 atom stereocenters. The highest BCUT2D eigenvalue weighted by atomic mass is 35.5. The number of halogens is 4. The predicted molar refractivity (Wildman–Crippen MR) is 82.3 cm³/mol. The van der Waals surface area contributed by atoms with Crippen molar-refractivity contribution in [3.05, 3.63) is 29.8 Å². The average molecular weight is 337 g/mol. The zero-order valence-corrected chi connectivity index (χ0v) is 13.4. The number of alkyl halides is 4. The van der Waals surface area contributed by atoms with Gasteiger partial charge < -0.3 is 9.80 Å². The van der Waals surface area contributed by atoms with E-state index >= 15 is 0 Å². The zero-order chi connectivity index (χ0) is 16.8. The highest BCUT2D eigenvalue weighted by Gasteiger charge is 2.30. The minimum Gasteiger partial charge on any atom is -0.368 e. The monoisotopic (exact) mass is 336 g/mol. The van der Waals surface area contributed by atoms with Crippen LogP contribution in [0.2, 0.25) is 0 Å². The highest BCUT2D eigenvalue weighted by Crippen LogP contribution is 2.30. The molecule has 1 aliphatic rings. The van der Waals surface area contributed by atoms with Crippen LogP contribution in [0.4, 0.5) is 18.9 Å². The van der Waals surface area contributed by atoms with Gasteiger partial charge in [0.05, 0.1) is 5.56 Å². The molecule has 0 N–H and O–H groups in total. The van der Waals surface area contributed by atoms with Crippen molar-refractivity contribution in [2.45, 2.75) is 20.0 Å². The summed E-state index contributed by atoms with van der Waals surface area (Å²) in [5.41, 5.74) is 0.0770. The van der Waals surface area contributed by atoms with Gasteiger partial charge in [-0.05, 0) is 24.3 Å². The third kappa shape index (κ3) is 4.80. The van der Waals surface area contributed by atoms with Gasteiger partial charge in [-0.15, -0.1) is 11.6 Å². The predicted octanol–water partition coefficient (Wildman–Crippen LogP) is 3.62. The molecule has 0 aromatic heterocycles. The second-order valence-electron chi connectivity index (χ2n) is 4.55. The number of hydrogen-bond acceptors (Lipinski definition) is 2. The summed E-state index contributed by atoms with van der Waals surface area (Å²) >= 11 is 5.49. The van der Waals surface area contributed by atoms with Gasteiger partial charge in [0.2, 0.25) is 5.91 Å². The van der Waals surface area contributed by atoms with Gasteiger partial charge in [-0.3, -0.25) is 4.79 Å². The molecule has 0 spiro atoms. The molecule has 0 bridgehead atoms. The first-order valence-electron chi connectivity index (χ1n) is 7.18. The fraction of sp³-hybridized carbons (Fsp3) is 0.533. The van der Waals surface area contributed by atoms with Crippen LogP contribution < -0.4 is 4.90 Å². The Bertz CT molecular complexity index is 469. The highest BCUT2D eigenvalue weighted by molar-refractivity contribution is 6.27. The second-order valence-corrected chi connectivity index (χ2v) is 4.81. The van der Waals surface area contributed by atoms with Crippen molar-refractivity contribution in [2.75, 3.05) is 37.0 Å². The van der Waals surface area contributed by atoms with Crippen LogP contribution in [0.3, 0.4) is 0 Å². The quantitative estimate of drug-likeness (QED) is 0.770. The number of nitrogens with zero attached hydrogens (tertiary/aromatic N) is 2. The number of carbonyl (C=O) groups is 1. The number of benzene rings is 1. The fourth-order valence-corrected chi connectivity index (χ4v) is 2.33. The van der Waals surface area contributed by atoms with Crippen LogP contribution in [0.15, 0.2) is 24.3 Å². The lowest BCUT2D eigenvalue weighted by molar-refractivity contribution is -0.137. The van der Waals surface area contributed by atoms with Crippen LogP contribution in [0.5, 0.6) is 0 Å². The standard InChI is InChI=1S/C13H14ClF3N2O.C2H6/c14-9-12(20)19-7-5-18(6-8-19)11-3-1-10(2-4-11)13(15,16)17;1-2/h1-4H,5-9H2;1-2H3. The minimum atomic E-state index is -4.32. The molecule has 1 fully saturated rings. The summed E-state index contributed by atoms with van der Waals surface area (Å²) in [5.74, 6) is -0.154. The maximum atomic E-state index is 12.5. The van der Waals surface area contributed by atoms with Gasteiger partial charge in [-0.25, -0.2) is 0 Å². The Balaban J connectivity index is 0.00000116. The number of piperazine rings is 1. The SMILES string of the molecule is CC.O=C(CCl)N1CCN(c2ccc(C(F)(F)F)cc2)CC1. The molecule has 1 heterocycles. The Morgan fingerprint density at radius 3 is 2.00 bits per heavy atom. The Hall–Kier alpha value is -1.43. The molecule has 2 rings (SSSR count). The van der Waals surface area contributed by atoms with E-state index in [1.165, 1.54) is 12.1 Å². The molecule has 1 aromatic rings. The van der Waals surface area contributed by atoms with Gasteiger partial charge in [0.25, 0.3) is 0 Å². The maximum Gasteiger partial charge on any atom is 0.416 e. The molecule has 0 unspecified atom stereocenters. The van der Waals surface area contributed by atoms with Crippen LogP contribution in [-0.2, 0) is 11.0 Å². The largest absolute Gasteiger partial charge is 0.416 e. The Kier molecular flexibility index (Phi) is 7.00. The van der Waals surface area contributed by atoms with E-state index < -0.39 is 11.7 Å². The summed E-state index contributed by atoms with van der Waals surface area (Å²) in [6.07, 6.45) is -4.32. The normalized spacial score (nSPS) is 15.2. The lowest BCUT2D eigenvalue weighted by Gasteiger charge is -2.36. The van der Waals surface area contributed by atoms with E-state index in [1.807, 2.05) is 18.7 Å². The molecule has 1 amide bonds. The van der Waals surface area contributed by atoms with Gasteiger partial charge in [-0.2, -0.15) is 13.2 Å². The number of hydrogen-bond donors (Lipinski definition) is 0. The lowest BCUT2D eigenvalue weighted by Crippen LogP contribution is -2.49. The third-order valence-electron chi connectivity index (χ3n) is 3.31. The van der Waals surface area contributed by atoms with E-state index in [4.69, 9.17) is 11.6 Å². The van der Waals surface area contributed by atoms with Crippen LogP contribution in [-0.4, -0.2) is 42.9 Å². The summed E-state index contributed by atoms with van der Waals surface area (Å²) < 4.78 is 37.4. The summed E-state index contributed by atoms with van der Waals surface area (Å²) in [4.78, 5) is 15.0. The molecule has 1 saturated heterocycles. The lowest BCUT2D eigenvalue weighted by atomic mass is 10.1. The van der Waals surface area contributed by atoms with Crippen LogP contribution in [0, 0.1) is 0 Å². The molecule has 7 heteroatoms. The first-order chi connectivity index (χ1) is 10.4. The molecule has 0 radical (unpaired) electrons. The number of carbonyl (C=O) groups excluding carboxylic acids is 1. The molecule has 124 valence electrons. The van der Waals surface area contributed by atoms with Gasteiger partial charge in [-0.1, -0.05) is 13.8 Å². The number of anilines is 1. The first kappa shape index (κ1) is 18.6. The maximum absolute atomic E-state index is 12.5. The van der Waals surface area contributed by atoms with Crippen molar-refractivity contribution < 1.29 is 18.0 Å². The molecule has 0 aliphatic carbocycles. The van der Waals surface area contributed by atoms with Crippen LogP contribution >= 0.6 is 11.6 Å². The summed E-state index contributed by atoms with van der Waals surface area (Å²) in [5, 5.41) is 0. The van der Waals surface area contributed by atoms with E-state index in [0.29, 0.717) is 26.2 Å². The smallest absolute Gasteiger partial charge is 0.368 e. The minimum absolute atomic E-state index is 0.0414. The van der Waals surface area contributed by atoms with E-state index in [-0.39, 0.29) is 11.8 Å². The molecule has 0 saturated carbocycles. The topological polar surface area (TPSA) is 23.6 Å². The first-order valence-corrected chi connectivity index (χ1v) is 7.71. The van der Waals surface area contributed by atoms with Gasteiger partial charge in [0.15, 0.2) is 0 Å². The number of amides is 1. The average Bonchev–Trinajstić information content (AvgIpc) is 2.55. The third-order valence-corrected chi connectivity index (χ3v) is 3.54. The van der Waals surface area contributed by atoms with E-state index in [0.717, 1.165) is 17.8 Å². The molecule has 22 heavy (non-hydrogen) atoms. The van der Waals surface area contributed by atoms with Crippen molar-refractivity contribution in [3.63, 3.8) is 0 Å². The molecule has 1 aliphatic heterocycles. The summed E-state index contributed by atoms with van der Waals surface area (Å²) in [6, 6.07) is 5.07. The van der Waals surface area contributed by atoms with Crippen molar-refractivity contribution >= 4 is 23.2 Å². The van der Waals surface area contributed by atoms with Crippen molar-refractivity contribution in [2.24, 2.45) is 0 Å². The molecule has 1 aromatic carbocycles. The molecule has 3 nitrogen and oxygen atoms in total.